The van der Waals surface area contributed by atoms with E-state index in [0.717, 1.165) is 13.0 Å². The second-order valence-electron chi connectivity index (χ2n) is 6.21. The fourth-order valence-electron chi connectivity index (χ4n) is 3.99. The van der Waals surface area contributed by atoms with Gasteiger partial charge >= 0.3 is 0 Å². The quantitative estimate of drug-likeness (QED) is 0.910. The van der Waals surface area contributed by atoms with Gasteiger partial charge in [0.05, 0.1) is 11.8 Å². The maximum absolute atomic E-state index is 6.14. The Morgan fingerprint density at radius 1 is 1.47 bits per heavy atom. The van der Waals surface area contributed by atoms with Crippen LogP contribution in [0.3, 0.4) is 0 Å². The van der Waals surface area contributed by atoms with Gasteiger partial charge in [-0.1, -0.05) is 12.8 Å². The van der Waals surface area contributed by atoms with E-state index in [9.17, 15) is 0 Å². The van der Waals surface area contributed by atoms with Crippen LogP contribution in [-0.2, 0) is 11.8 Å². The monoisotopic (exact) mass is 263 g/mol. The summed E-state index contributed by atoms with van der Waals surface area (Å²) in [5.74, 6) is 0.668. The molecule has 1 aromatic rings. The Kier molecular flexibility index (Phi) is 3.63. The van der Waals surface area contributed by atoms with Crippen molar-refractivity contribution in [2.75, 3.05) is 13.7 Å². The summed E-state index contributed by atoms with van der Waals surface area (Å²) in [4.78, 5) is 0. The van der Waals surface area contributed by atoms with E-state index in [1.54, 1.807) is 0 Å². The summed E-state index contributed by atoms with van der Waals surface area (Å²) in [5, 5.41) is 7.81. The van der Waals surface area contributed by atoms with Crippen LogP contribution in [-0.4, -0.2) is 29.0 Å². The van der Waals surface area contributed by atoms with Crippen LogP contribution < -0.4 is 5.32 Å². The van der Waals surface area contributed by atoms with Crippen molar-refractivity contribution < 1.29 is 4.74 Å². The summed E-state index contributed by atoms with van der Waals surface area (Å²) in [6.07, 6.45) is 11.7. The van der Waals surface area contributed by atoms with Gasteiger partial charge in [-0.15, -0.1) is 0 Å². The van der Waals surface area contributed by atoms with E-state index in [-0.39, 0.29) is 5.60 Å². The number of aromatic nitrogens is 2. The molecule has 2 unspecified atom stereocenters. The second kappa shape index (κ2) is 5.25. The van der Waals surface area contributed by atoms with Crippen molar-refractivity contribution in [2.24, 2.45) is 13.0 Å². The van der Waals surface area contributed by atoms with Crippen LogP contribution in [0, 0.1) is 5.92 Å². The molecule has 4 heteroatoms. The third kappa shape index (κ3) is 2.56. The lowest BCUT2D eigenvalue weighted by Gasteiger charge is -2.41. The third-order valence-corrected chi connectivity index (χ3v) is 4.91. The lowest BCUT2D eigenvalue weighted by atomic mass is 9.79. The average molecular weight is 263 g/mol. The summed E-state index contributed by atoms with van der Waals surface area (Å²) in [7, 11) is 4.05. The van der Waals surface area contributed by atoms with E-state index < -0.39 is 0 Å². The zero-order chi connectivity index (χ0) is 13.3. The first kappa shape index (κ1) is 13.1. The molecule has 0 aromatic carbocycles. The molecule has 0 amide bonds. The molecule has 1 spiro atoms. The van der Waals surface area contributed by atoms with Crippen LogP contribution in [0.1, 0.15) is 50.1 Å². The fourth-order valence-corrected chi connectivity index (χ4v) is 3.99. The lowest BCUT2D eigenvalue weighted by molar-refractivity contribution is -0.0978. The average Bonchev–Trinajstić information content (AvgIpc) is 3.01. The van der Waals surface area contributed by atoms with Gasteiger partial charge in [-0.05, 0) is 38.6 Å². The van der Waals surface area contributed by atoms with Gasteiger partial charge in [0, 0.05) is 31.5 Å². The third-order valence-electron chi connectivity index (χ3n) is 4.91. The predicted molar refractivity (Wildman–Crippen MR) is 74.9 cm³/mol. The highest BCUT2D eigenvalue weighted by molar-refractivity contribution is 5.13. The van der Waals surface area contributed by atoms with Crippen LogP contribution in [0.4, 0.5) is 0 Å². The summed E-state index contributed by atoms with van der Waals surface area (Å²) >= 11 is 0. The largest absolute Gasteiger partial charge is 0.375 e. The minimum atomic E-state index is 0.195. The number of aryl methyl sites for hydroxylation is 1. The summed E-state index contributed by atoms with van der Waals surface area (Å²) in [5.41, 5.74) is 1.50. The molecule has 2 atom stereocenters. The van der Waals surface area contributed by atoms with Crippen molar-refractivity contribution in [3.63, 3.8) is 0 Å². The van der Waals surface area contributed by atoms with Crippen molar-refractivity contribution in [1.29, 1.82) is 0 Å². The summed E-state index contributed by atoms with van der Waals surface area (Å²) in [6, 6.07) is 0.412. The topological polar surface area (TPSA) is 39.1 Å². The Bertz CT molecular complexity index is 423. The molecule has 1 saturated heterocycles. The molecule has 0 bridgehead atoms. The maximum Gasteiger partial charge on any atom is 0.0686 e. The Morgan fingerprint density at radius 2 is 2.26 bits per heavy atom. The van der Waals surface area contributed by atoms with E-state index in [2.05, 4.69) is 23.7 Å². The standard InChI is InChI=1S/C15H25N3O/c1-16-14(13-10-17-18(2)11-13)12-5-8-19-15(9-12)6-3-4-7-15/h10-12,14,16H,3-9H2,1-2H3. The second-order valence-corrected chi connectivity index (χ2v) is 6.21. The zero-order valence-electron chi connectivity index (χ0n) is 12.1. The zero-order valence-corrected chi connectivity index (χ0v) is 12.1. The molecule has 2 heterocycles. The highest BCUT2D eigenvalue weighted by Crippen LogP contribution is 2.45. The molecule has 1 N–H and O–H groups in total. The molecule has 2 fully saturated rings. The number of rotatable bonds is 3. The number of hydrogen-bond acceptors (Lipinski definition) is 3. The molecule has 0 radical (unpaired) electrons. The SMILES string of the molecule is CNC(c1cnn(C)c1)C1CCOC2(CCCC2)C1. The van der Waals surface area contributed by atoms with Crippen molar-refractivity contribution in [1.82, 2.24) is 15.1 Å². The van der Waals surface area contributed by atoms with Gasteiger partial charge in [0.2, 0.25) is 0 Å². The summed E-state index contributed by atoms with van der Waals surface area (Å²) < 4.78 is 8.04. The first-order chi connectivity index (χ1) is 9.22. The Morgan fingerprint density at radius 3 is 2.89 bits per heavy atom. The van der Waals surface area contributed by atoms with Gasteiger partial charge in [-0.3, -0.25) is 4.68 Å². The fraction of sp³-hybridized carbons (Fsp3) is 0.800. The van der Waals surface area contributed by atoms with Gasteiger partial charge in [-0.25, -0.2) is 0 Å². The minimum Gasteiger partial charge on any atom is -0.375 e. The van der Waals surface area contributed by atoms with Crippen molar-refractivity contribution in [3.05, 3.63) is 18.0 Å². The molecule has 106 valence electrons. The molecule has 3 rings (SSSR count). The Balaban J connectivity index is 1.76. The number of ether oxygens (including phenoxy) is 1. The van der Waals surface area contributed by atoms with E-state index in [1.165, 1.54) is 37.7 Å². The molecule has 1 aromatic heterocycles. The lowest BCUT2D eigenvalue weighted by Crippen LogP contribution is -2.41. The molecule has 4 nitrogen and oxygen atoms in total. The van der Waals surface area contributed by atoms with Crippen molar-refractivity contribution in [3.8, 4) is 0 Å². The molecule has 1 aliphatic carbocycles. The maximum atomic E-state index is 6.14. The molecular weight excluding hydrogens is 238 g/mol. The normalized spacial score (nSPS) is 27.8. The molecule has 19 heavy (non-hydrogen) atoms. The Hall–Kier alpha value is -0.870. The highest BCUT2D eigenvalue weighted by Gasteiger charge is 2.42. The van der Waals surface area contributed by atoms with Gasteiger partial charge in [0.25, 0.3) is 0 Å². The first-order valence-electron chi connectivity index (χ1n) is 7.52. The van der Waals surface area contributed by atoms with Gasteiger partial charge in [0.1, 0.15) is 0 Å². The van der Waals surface area contributed by atoms with E-state index in [4.69, 9.17) is 4.74 Å². The molecular formula is C15H25N3O. The number of hydrogen-bond donors (Lipinski definition) is 1. The first-order valence-corrected chi connectivity index (χ1v) is 7.52. The van der Waals surface area contributed by atoms with Crippen molar-refractivity contribution in [2.45, 2.75) is 50.2 Å². The van der Waals surface area contributed by atoms with Gasteiger partial charge in [0.15, 0.2) is 0 Å². The van der Waals surface area contributed by atoms with E-state index >= 15 is 0 Å². The van der Waals surface area contributed by atoms with Crippen molar-refractivity contribution >= 4 is 0 Å². The van der Waals surface area contributed by atoms with Crippen LogP contribution >= 0.6 is 0 Å². The van der Waals surface area contributed by atoms with Crippen LogP contribution in [0.5, 0.6) is 0 Å². The van der Waals surface area contributed by atoms with Gasteiger partial charge < -0.3 is 10.1 Å². The van der Waals surface area contributed by atoms with E-state index in [0.29, 0.717) is 12.0 Å². The smallest absolute Gasteiger partial charge is 0.0686 e. The van der Waals surface area contributed by atoms with Crippen LogP contribution in [0.15, 0.2) is 12.4 Å². The van der Waals surface area contributed by atoms with E-state index in [1.807, 2.05) is 17.9 Å². The van der Waals surface area contributed by atoms with Crippen LogP contribution in [0.25, 0.3) is 0 Å². The highest BCUT2D eigenvalue weighted by atomic mass is 16.5. The number of nitrogens with one attached hydrogen (secondary N) is 1. The van der Waals surface area contributed by atoms with Crippen LogP contribution in [0.2, 0.25) is 0 Å². The molecule has 1 saturated carbocycles. The minimum absolute atomic E-state index is 0.195. The Labute approximate surface area is 115 Å². The number of nitrogens with zero attached hydrogens (tertiary/aromatic N) is 2. The predicted octanol–water partition coefficient (Wildman–Crippen LogP) is 2.42. The molecule has 1 aliphatic heterocycles. The molecule has 2 aliphatic rings. The van der Waals surface area contributed by atoms with Gasteiger partial charge in [-0.2, -0.15) is 5.10 Å². The summed E-state index contributed by atoms with van der Waals surface area (Å²) in [6.45, 7) is 0.920.